The molecule has 0 spiro atoms. The molecule has 0 aliphatic rings. The lowest BCUT2D eigenvalue weighted by Gasteiger charge is -2.14. The van der Waals surface area contributed by atoms with Crippen molar-refractivity contribution in [3.05, 3.63) is 0 Å². The van der Waals surface area contributed by atoms with Crippen LogP contribution in [0.2, 0.25) is 0 Å². The Kier molecular flexibility index (Phi) is 4.83. The SMILES string of the molecule is CSCCOC(F)(F)C(F)F. The first-order chi connectivity index (χ1) is 5.00. The molecule has 11 heavy (non-hydrogen) atoms. The average molecular weight is 192 g/mol. The van der Waals surface area contributed by atoms with Gasteiger partial charge in [-0.1, -0.05) is 0 Å². The van der Waals surface area contributed by atoms with Gasteiger partial charge in [-0.25, -0.2) is 8.78 Å². The summed E-state index contributed by atoms with van der Waals surface area (Å²) in [4.78, 5) is 0. The fourth-order valence-corrected chi connectivity index (χ4v) is 0.574. The molecule has 0 fully saturated rings. The Bertz CT molecular complexity index is 109. The summed E-state index contributed by atoms with van der Waals surface area (Å²) >= 11 is 1.25. The lowest BCUT2D eigenvalue weighted by Crippen LogP contribution is -2.30. The van der Waals surface area contributed by atoms with Gasteiger partial charge in [0.15, 0.2) is 0 Å². The van der Waals surface area contributed by atoms with E-state index in [4.69, 9.17) is 0 Å². The normalized spacial score (nSPS) is 12.5. The van der Waals surface area contributed by atoms with Gasteiger partial charge in [0.05, 0.1) is 6.61 Å². The van der Waals surface area contributed by atoms with Gasteiger partial charge in [0.25, 0.3) is 0 Å². The van der Waals surface area contributed by atoms with E-state index in [1.54, 1.807) is 6.26 Å². The molecule has 1 nitrogen and oxygen atoms in total. The van der Waals surface area contributed by atoms with Crippen molar-refractivity contribution >= 4 is 11.8 Å². The minimum absolute atomic E-state index is 0.280. The van der Waals surface area contributed by atoms with Crippen LogP contribution in [0.4, 0.5) is 17.6 Å². The van der Waals surface area contributed by atoms with Gasteiger partial charge in [0.1, 0.15) is 0 Å². The number of thioether (sulfide) groups is 1. The molecule has 0 aliphatic carbocycles. The molecule has 0 aromatic heterocycles. The minimum Gasteiger partial charge on any atom is -0.315 e. The van der Waals surface area contributed by atoms with Crippen LogP contribution in [0.15, 0.2) is 0 Å². The molecule has 0 bridgehead atoms. The monoisotopic (exact) mass is 192 g/mol. The highest BCUT2D eigenvalue weighted by atomic mass is 32.2. The lowest BCUT2D eigenvalue weighted by atomic mass is 10.6. The smallest absolute Gasteiger partial charge is 0.315 e. The van der Waals surface area contributed by atoms with E-state index in [0.717, 1.165) is 0 Å². The number of ether oxygens (including phenoxy) is 1. The van der Waals surface area contributed by atoms with Crippen LogP contribution in [0.25, 0.3) is 0 Å². The van der Waals surface area contributed by atoms with Gasteiger partial charge in [0.2, 0.25) is 0 Å². The van der Waals surface area contributed by atoms with E-state index in [-0.39, 0.29) is 12.4 Å². The van der Waals surface area contributed by atoms with Crippen LogP contribution in [0.5, 0.6) is 0 Å². The molecule has 0 N–H and O–H groups in total. The molecule has 0 aromatic rings. The number of halogens is 4. The van der Waals surface area contributed by atoms with Crippen LogP contribution < -0.4 is 0 Å². The third-order valence-corrected chi connectivity index (χ3v) is 1.41. The summed E-state index contributed by atoms with van der Waals surface area (Å²) in [5, 5.41) is 0. The number of hydrogen-bond acceptors (Lipinski definition) is 2. The Morgan fingerprint density at radius 3 is 2.36 bits per heavy atom. The van der Waals surface area contributed by atoms with Gasteiger partial charge < -0.3 is 4.74 Å². The fourth-order valence-electron chi connectivity index (χ4n) is 0.324. The zero-order chi connectivity index (χ0) is 8.91. The molecular weight excluding hydrogens is 184 g/mol. The summed E-state index contributed by atoms with van der Waals surface area (Å²) in [6.45, 7) is -0.363. The summed E-state index contributed by atoms with van der Waals surface area (Å²) in [5.74, 6) is 0.280. The van der Waals surface area contributed by atoms with E-state index < -0.39 is 12.5 Å². The highest BCUT2D eigenvalue weighted by Crippen LogP contribution is 2.23. The first-order valence-corrected chi connectivity index (χ1v) is 4.19. The van der Waals surface area contributed by atoms with Crippen LogP contribution >= 0.6 is 11.8 Å². The first-order valence-electron chi connectivity index (χ1n) is 2.79. The average Bonchev–Trinajstić information content (AvgIpc) is 1.88. The molecule has 0 atom stereocenters. The van der Waals surface area contributed by atoms with E-state index in [1.165, 1.54) is 11.8 Å². The van der Waals surface area contributed by atoms with Crippen molar-refractivity contribution in [1.82, 2.24) is 0 Å². The summed E-state index contributed by atoms with van der Waals surface area (Å²) in [6.07, 6.45) is -6.37. The van der Waals surface area contributed by atoms with Gasteiger partial charge >= 0.3 is 12.5 Å². The van der Waals surface area contributed by atoms with E-state index >= 15 is 0 Å². The number of hydrogen-bond donors (Lipinski definition) is 0. The Morgan fingerprint density at radius 1 is 1.45 bits per heavy atom. The molecule has 0 saturated heterocycles. The molecule has 0 radical (unpaired) electrons. The maximum absolute atomic E-state index is 11.9. The quantitative estimate of drug-likeness (QED) is 0.488. The van der Waals surface area contributed by atoms with Crippen molar-refractivity contribution in [1.29, 1.82) is 0 Å². The van der Waals surface area contributed by atoms with E-state index in [9.17, 15) is 17.6 Å². The maximum atomic E-state index is 11.9. The van der Waals surface area contributed by atoms with Crippen LogP contribution in [-0.4, -0.2) is 31.1 Å². The van der Waals surface area contributed by atoms with Crippen molar-refractivity contribution in [2.24, 2.45) is 0 Å². The highest BCUT2D eigenvalue weighted by molar-refractivity contribution is 7.98. The van der Waals surface area contributed by atoms with Crippen LogP contribution in [-0.2, 0) is 4.74 Å². The van der Waals surface area contributed by atoms with Gasteiger partial charge in [-0.05, 0) is 6.26 Å². The zero-order valence-corrected chi connectivity index (χ0v) is 6.64. The molecule has 0 saturated carbocycles. The number of alkyl halides is 4. The lowest BCUT2D eigenvalue weighted by molar-refractivity contribution is -0.297. The fraction of sp³-hybridized carbons (Fsp3) is 1.00. The summed E-state index contributed by atoms with van der Waals surface area (Å²) in [7, 11) is 0. The second-order valence-corrected chi connectivity index (χ2v) is 2.69. The second-order valence-electron chi connectivity index (χ2n) is 1.70. The van der Waals surface area contributed by atoms with E-state index in [1.807, 2.05) is 0 Å². The third-order valence-electron chi connectivity index (χ3n) is 0.836. The molecule has 0 aromatic carbocycles. The molecule has 0 rings (SSSR count). The van der Waals surface area contributed by atoms with Crippen molar-refractivity contribution < 1.29 is 22.3 Å². The minimum atomic E-state index is -4.30. The molecule has 0 heterocycles. The standard InChI is InChI=1S/C5H8F4OS/c1-11-3-2-10-5(8,9)4(6)7/h4H,2-3H2,1H3. The Morgan fingerprint density at radius 2 is 2.00 bits per heavy atom. The molecule has 0 aliphatic heterocycles. The molecule has 68 valence electrons. The van der Waals surface area contributed by atoms with Gasteiger partial charge in [-0.2, -0.15) is 20.5 Å². The zero-order valence-electron chi connectivity index (χ0n) is 5.82. The Hall–Kier alpha value is 0.0300. The largest absolute Gasteiger partial charge is 0.416 e. The topological polar surface area (TPSA) is 9.23 Å². The predicted molar refractivity (Wildman–Crippen MR) is 35.3 cm³/mol. The molecular formula is C5H8F4OS. The Labute approximate surface area is 66.1 Å². The van der Waals surface area contributed by atoms with E-state index in [2.05, 4.69) is 4.74 Å². The number of rotatable bonds is 5. The molecule has 6 heteroatoms. The van der Waals surface area contributed by atoms with Crippen molar-refractivity contribution in [3.8, 4) is 0 Å². The predicted octanol–water partition coefficient (Wildman–Crippen LogP) is 2.22. The first kappa shape index (κ1) is 11.0. The summed E-state index contributed by atoms with van der Waals surface area (Å²) in [6, 6.07) is 0. The van der Waals surface area contributed by atoms with Crippen LogP contribution in [0.3, 0.4) is 0 Å². The maximum Gasteiger partial charge on any atom is 0.416 e. The highest BCUT2D eigenvalue weighted by Gasteiger charge is 2.41. The third kappa shape index (κ3) is 4.47. The summed E-state index contributed by atoms with van der Waals surface area (Å²) in [5.41, 5.74) is 0. The molecule has 0 amide bonds. The van der Waals surface area contributed by atoms with Gasteiger partial charge in [-0.15, -0.1) is 0 Å². The van der Waals surface area contributed by atoms with Crippen molar-refractivity contribution in [3.63, 3.8) is 0 Å². The van der Waals surface area contributed by atoms with Crippen LogP contribution in [0.1, 0.15) is 0 Å². The second kappa shape index (κ2) is 4.82. The van der Waals surface area contributed by atoms with Gasteiger partial charge in [-0.3, -0.25) is 0 Å². The Balaban J connectivity index is 3.55. The van der Waals surface area contributed by atoms with Crippen molar-refractivity contribution in [2.75, 3.05) is 18.6 Å². The summed E-state index contributed by atoms with van der Waals surface area (Å²) < 4.78 is 50.1. The van der Waals surface area contributed by atoms with E-state index in [0.29, 0.717) is 0 Å². The molecule has 0 unspecified atom stereocenters. The van der Waals surface area contributed by atoms with Crippen LogP contribution in [0, 0.1) is 0 Å². The van der Waals surface area contributed by atoms with Crippen molar-refractivity contribution in [2.45, 2.75) is 12.5 Å². The van der Waals surface area contributed by atoms with Gasteiger partial charge in [0, 0.05) is 5.75 Å².